The van der Waals surface area contributed by atoms with Gasteiger partial charge in [-0.15, -0.1) is 0 Å². The number of carbonyl (C=O) groups is 1. The second-order valence-corrected chi connectivity index (χ2v) is 6.36. The Morgan fingerprint density at radius 1 is 1.25 bits per heavy atom. The number of nitrogens with one attached hydrogen (secondary N) is 2. The molecule has 0 spiro atoms. The molecule has 1 aromatic rings. The maximum Gasteiger partial charge on any atom is 0.319 e. The molecule has 24 heavy (non-hydrogen) atoms. The summed E-state index contributed by atoms with van der Waals surface area (Å²) in [6.07, 6.45) is 4.43. The van der Waals surface area contributed by atoms with Crippen molar-refractivity contribution in [2.24, 2.45) is 0 Å². The Labute approximate surface area is 145 Å². The average Bonchev–Trinajstić information content (AvgIpc) is 2.62. The molecule has 1 aliphatic rings. The lowest BCUT2D eigenvalue weighted by Gasteiger charge is -2.31. The number of benzene rings is 1. The number of nitrogens with zero attached hydrogens (tertiary/aromatic N) is 1. The van der Waals surface area contributed by atoms with Crippen LogP contribution in [0.1, 0.15) is 37.8 Å². The van der Waals surface area contributed by atoms with Gasteiger partial charge in [0.2, 0.25) is 0 Å². The predicted molar refractivity (Wildman–Crippen MR) is 98.7 cm³/mol. The zero-order chi connectivity index (χ0) is 17.4. The van der Waals surface area contributed by atoms with Crippen molar-refractivity contribution >= 4 is 11.7 Å². The van der Waals surface area contributed by atoms with E-state index in [1.165, 1.54) is 11.1 Å². The monoisotopic (exact) mass is 333 g/mol. The smallest absolute Gasteiger partial charge is 0.319 e. The highest BCUT2D eigenvalue weighted by Crippen LogP contribution is 2.19. The summed E-state index contributed by atoms with van der Waals surface area (Å²) in [5, 5.41) is 5.97. The number of ether oxygens (including phenoxy) is 1. The van der Waals surface area contributed by atoms with Crippen LogP contribution in [-0.2, 0) is 17.6 Å². The molecule has 2 amide bonds. The number of anilines is 1. The van der Waals surface area contributed by atoms with Gasteiger partial charge in [-0.25, -0.2) is 4.79 Å². The number of urea groups is 1. The first-order valence-electron chi connectivity index (χ1n) is 9.08. The van der Waals surface area contributed by atoms with E-state index < -0.39 is 0 Å². The Kier molecular flexibility index (Phi) is 7.53. The SMILES string of the molecule is CCc1ccc(CC)c(NC(=O)NCCN2CCC(OC)CC2)c1. The van der Waals surface area contributed by atoms with Crippen molar-refractivity contribution in [2.75, 3.05) is 38.6 Å². The van der Waals surface area contributed by atoms with Gasteiger partial charge in [0, 0.05) is 39.0 Å². The lowest BCUT2D eigenvalue weighted by Crippen LogP contribution is -2.42. The summed E-state index contributed by atoms with van der Waals surface area (Å²) in [7, 11) is 1.78. The van der Waals surface area contributed by atoms with Crippen molar-refractivity contribution in [1.82, 2.24) is 10.2 Å². The standard InChI is InChI=1S/C19H31N3O2/c1-4-15-6-7-16(5-2)18(14-15)21-19(23)20-10-13-22-11-8-17(24-3)9-12-22/h6-7,14,17H,4-5,8-13H2,1-3H3,(H2,20,21,23). The van der Waals surface area contributed by atoms with Crippen LogP contribution in [-0.4, -0.2) is 50.3 Å². The molecule has 2 N–H and O–H groups in total. The molecule has 0 bridgehead atoms. The lowest BCUT2D eigenvalue weighted by molar-refractivity contribution is 0.0417. The highest BCUT2D eigenvalue weighted by Gasteiger charge is 2.18. The summed E-state index contributed by atoms with van der Waals surface area (Å²) in [6.45, 7) is 7.86. The van der Waals surface area contributed by atoms with Gasteiger partial charge >= 0.3 is 6.03 Å². The van der Waals surface area contributed by atoms with Crippen molar-refractivity contribution < 1.29 is 9.53 Å². The third kappa shape index (κ3) is 5.49. The molecule has 0 atom stereocenters. The van der Waals surface area contributed by atoms with Crippen LogP contribution in [0.25, 0.3) is 0 Å². The number of methoxy groups -OCH3 is 1. The van der Waals surface area contributed by atoms with Crippen molar-refractivity contribution in [3.63, 3.8) is 0 Å². The zero-order valence-electron chi connectivity index (χ0n) is 15.2. The van der Waals surface area contributed by atoms with E-state index in [1.807, 2.05) is 0 Å². The summed E-state index contributed by atoms with van der Waals surface area (Å²) >= 11 is 0. The van der Waals surface area contributed by atoms with Gasteiger partial charge in [0.25, 0.3) is 0 Å². The molecule has 0 unspecified atom stereocenters. The van der Waals surface area contributed by atoms with Crippen LogP contribution < -0.4 is 10.6 Å². The van der Waals surface area contributed by atoms with E-state index in [2.05, 4.69) is 47.6 Å². The Morgan fingerprint density at radius 3 is 2.62 bits per heavy atom. The number of hydrogen-bond acceptors (Lipinski definition) is 3. The first-order chi connectivity index (χ1) is 11.7. The minimum atomic E-state index is -0.121. The summed E-state index contributed by atoms with van der Waals surface area (Å²) in [5.41, 5.74) is 3.34. The summed E-state index contributed by atoms with van der Waals surface area (Å²) in [6, 6.07) is 6.19. The molecule has 1 aromatic carbocycles. The molecule has 5 nitrogen and oxygen atoms in total. The normalized spacial score (nSPS) is 16.1. The van der Waals surface area contributed by atoms with Crippen LogP contribution in [0.15, 0.2) is 18.2 Å². The van der Waals surface area contributed by atoms with E-state index in [9.17, 15) is 4.79 Å². The molecule has 5 heteroatoms. The van der Waals surface area contributed by atoms with E-state index in [1.54, 1.807) is 7.11 Å². The number of rotatable bonds is 7. The molecular formula is C19H31N3O2. The fourth-order valence-corrected chi connectivity index (χ4v) is 3.13. The first-order valence-corrected chi connectivity index (χ1v) is 9.08. The van der Waals surface area contributed by atoms with Gasteiger partial charge in [-0.05, 0) is 42.9 Å². The Balaban J connectivity index is 1.75. The molecule has 0 aromatic heterocycles. The fourth-order valence-electron chi connectivity index (χ4n) is 3.13. The van der Waals surface area contributed by atoms with Crippen molar-refractivity contribution in [1.29, 1.82) is 0 Å². The minimum absolute atomic E-state index is 0.121. The van der Waals surface area contributed by atoms with Gasteiger partial charge in [0.1, 0.15) is 0 Å². The molecular weight excluding hydrogens is 302 g/mol. The lowest BCUT2D eigenvalue weighted by atomic mass is 10.1. The molecule has 1 saturated heterocycles. The van der Waals surface area contributed by atoms with E-state index in [4.69, 9.17) is 4.74 Å². The molecule has 0 radical (unpaired) electrons. The fraction of sp³-hybridized carbons (Fsp3) is 0.632. The van der Waals surface area contributed by atoms with Crippen molar-refractivity contribution in [2.45, 2.75) is 45.6 Å². The first kappa shape index (κ1) is 18.7. The van der Waals surface area contributed by atoms with Crippen LogP contribution in [0.3, 0.4) is 0 Å². The largest absolute Gasteiger partial charge is 0.381 e. The van der Waals surface area contributed by atoms with Gasteiger partial charge in [0.05, 0.1) is 6.10 Å². The van der Waals surface area contributed by atoms with Crippen LogP contribution in [0, 0.1) is 0 Å². The molecule has 134 valence electrons. The number of aryl methyl sites for hydroxylation is 2. The van der Waals surface area contributed by atoms with Crippen LogP contribution in [0.4, 0.5) is 10.5 Å². The molecule has 1 aliphatic heterocycles. The van der Waals surface area contributed by atoms with Crippen LogP contribution in [0.2, 0.25) is 0 Å². The van der Waals surface area contributed by atoms with Gasteiger partial charge < -0.3 is 20.3 Å². The topological polar surface area (TPSA) is 53.6 Å². The van der Waals surface area contributed by atoms with Gasteiger partial charge in [-0.1, -0.05) is 26.0 Å². The Morgan fingerprint density at radius 2 is 2.00 bits per heavy atom. The Bertz CT molecular complexity index is 525. The van der Waals surface area contributed by atoms with E-state index in [-0.39, 0.29) is 6.03 Å². The molecule has 2 rings (SSSR count). The zero-order valence-corrected chi connectivity index (χ0v) is 15.2. The second kappa shape index (κ2) is 9.64. The summed E-state index contributed by atoms with van der Waals surface area (Å²) in [5.74, 6) is 0. The molecule has 1 fully saturated rings. The number of hydrogen-bond donors (Lipinski definition) is 2. The second-order valence-electron chi connectivity index (χ2n) is 6.36. The van der Waals surface area contributed by atoms with E-state index in [0.29, 0.717) is 12.6 Å². The molecule has 1 heterocycles. The third-order valence-electron chi connectivity index (χ3n) is 4.79. The van der Waals surface area contributed by atoms with Gasteiger partial charge in [0.15, 0.2) is 0 Å². The summed E-state index contributed by atoms with van der Waals surface area (Å²) in [4.78, 5) is 14.5. The number of likely N-dealkylation sites (tertiary alicyclic amines) is 1. The van der Waals surface area contributed by atoms with Crippen molar-refractivity contribution in [3.8, 4) is 0 Å². The highest BCUT2D eigenvalue weighted by atomic mass is 16.5. The summed E-state index contributed by atoms with van der Waals surface area (Å²) < 4.78 is 5.38. The number of carbonyl (C=O) groups excluding carboxylic acids is 1. The van der Waals surface area contributed by atoms with Crippen molar-refractivity contribution in [3.05, 3.63) is 29.3 Å². The highest BCUT2D eigenvalue weighted by molar-refractivity contribution is 5.90. The van der Waals surface area contributed by atoms with E-state index >= 15 is 0 Å². The third-order valence-corrected chi connectivity index (χ3v) is 4.79. The maximum absolute atomic E-state index is 12.2. The molecule has 0 aliphatic carbocycles. The maximum atomic E-state index is 12.2. The Hall–Kier alpha value is -1.59. The number of piperidine rings is 1. The van der Waals surface area contributed by atoms with Gasteiger partial charge in [-0.2, -0.15) is 0 Å². The van der Waals surface area contributed by atoms with Gasteiger partial charge in [-0.3, -0.25) is 0 Å². The quantitative estimate of drug-likeness (QED) is 0.806. The minimum Gasteiger partial charge on any atom is -0.381 e. The molecule has 0 saturated carbocycles. The number of amides is 2. The predicted octanol–water partition coefficient (Wildman–Crippen LogP) is 3.04. The van der Waals surface area contributed by atoms with Crippen LogP contribution in [0.5, 0.6) is 0 Å². The van der Waals surface area contributed by atoms with E-state index in [0.717, 1.165) is 51.0 Å². The van der Waals surface area contributed by atoms with Crippen LogP contribution >= 0.6 is 0 Å². The average molecular weight is 333 g/mol.